The third-order valence-corrected chi connectivity index (χ3v) is 5.76. The first kappa shape index (κ1) is 21.2. The fourth-order valence-electron chi connectivity index (χ4n) is 4.03. The topological polar surface area (TPSA) is 55.8 Å². The van der Waals surface area contributed by atoms with E-state index in [1.165, 1.54) is 12.8 Å². The monoisotopic (exact) mass is 367 g/mol. The van der Waals surface area contributed by atoms with Gasteiger partial charge in [0.05, 0.1) is 11.8 Å². The van der Waals surface area contributed by atoms with Crippen molar-refractivity contribution in [2.24, 2.45) is 11.8 Å². The molecule has 0 bridgehead atoms. The highest BCUT2D eigenvalue weighted by Gasteiger charge is 2.25. The maximum Gasteiger partial charge on any atom is 0.308 e. The normalized spacial score (nSPS) is 18.5. The molecule has 2 fully saturated rings. The Morgan fingerprint density at radius 3 is 1.65 bits per heavy atom. The van der Waals surface area contributed by atoms with Gasteiger partial charge in [-0.2, -0.15) is 0 Å². The Morgan fingerprint density at radius 2 is 1.23 bits per heavy atom. The smallest absolute Gasteiger partial charge is 0.308 e. The van der Waals surface area contributed by atoms with Gasteiger partial charge < -0.3 is 9.47 Å². The van der Waals surface area contributed by atoms with Crippen molar-refractivity contribution in [1.29, 1.82) is 0 Å². The van der Waals surface area contributed by atoms with Crippen LogP contribution in [-0.2, 0) is 19.1 Å². The molecule has 0 atom stereocenters. The second-order valence-electron chi connectivity index (χ2n) is 7.85. The molecule has 5 nitrogen and oxygen atoms in total. The van der Waals surface area contributed by atoms with Crippen LogP contribution in [0.25, 0.3) is 0 Å². The molecule has 0 aliphatic heterocycles. The van der Waals surface area contributed by atoms with E-state index < -0.39 is 0 Å². The molecule has 0 aromatic heterocycles. The molecule has 2 saturated carbocycles. The third kappa shape index (κ3) is 7.65. The fourth-order valence-corrected chi connectivity index (χ4v) is 4.03. The Balaban J connectivity index is 1.64. The van der Waals surface area contributed by atoms with E-state index in [1.54, 1.807) is 0 Å². The van der Waals surface area contributed by atoms with Crippen molar-refractivity contribution >= 4 is 11.9 Å². The molecule has 0 aromatic carbocycles. The van der Waals surface area contributed by atoms with Crippen LogP contribution < -0.4 is 0 Å². The van der Waals surface area contributed by atoms with Crippen molar-refractivity contribution in [1.82, 2.24) is 4.90 Å². The molecular formula is C21H37NO4. The van der Waals surface area contributed by atoms with Gasteiger partial charge in [0.2, 0.25) is 0 Å². The molecular weight excluding hydrogens is 330 g/mol. The van der Waals surface area contributed by atoms with Crippen LogP contribution in [0, 0.1) is 11.8 Å². The summed E-state index contributed by atoms with van der Waals surface area (Å²) in [4.78, 5) is 26.3. The SMILES string of the molecule is CCCCCN(CCOC(=O)C1CCCC1)CCOC(=O)C1CCCC1. The lowest BCUT2D eigenvalue weighted by Crippen LogP contribution is -2.34. The van der Waals surface area contributed by atoms with Crippen LogP contribution in [0.4, 0.5) is 0 Å². The van der Waals surface area contributed by atoms with E-state index in [0.29, 0.717) is 13.2 Å². The zero-order valence-corrected chi connectivity index (χ0v) is 16.5. The second kappa shape index (κ2) is 12.3. The summed E-state index contributed by atoms with van der Waals surface area (Å²) in [6, 6.07) is 0. The average molecular weight is 368 g/mol. The third-order valence-electron chi connectivity index (χ3n) is 5.76. The minimum Gasteiger partial charge on any atom is -0.464 e. The van der Waals surface area contributed by atoms with Crippen molar-refractivity contribution in [2.75, 3.05) is 32.8 Å². The van der Waals surface area contributed by atoms with Gasteiger partial charge in [0, 0.05) is 13.1 Å². The Bertz CT molecular complexity index is 380. The Kier molecular flexibility index (Phi) is 10.0. The number of carbonyl (C=O) groups is 2. The van der Waals surface area contributed by atoms with Crippen LogP contribution in [0.15, 0.2) is 0 Å². The number of rotatable bonds is 12. The summed E-state index contributed by atoms with van der Waals surface area (Å²) in [5, 5.41) is 0. The van der Waals surface area contributed by atoms with E-state index in [4.69, 9.17) is 9.47 Å². The highest BCUT2D eigenvalue weighted by molar-refractivity contribution is 5.73. The van der Waals surface area contributed by atoms with Crippen LogP contribution >= 0.6 is 0 Å². The summed E-state index contributed by atoms with van der Waals surface area (Å²) in [6.07, 6.45) is 12.0. The Morgan fingerprint density at radius 1 is 0.769 bits per heavy atom. The maximum atomic E-state index is 12.0. The van der Waals surface area contributed by atoms with Crippen LogP contribution in [0.3, 0.4) is 0 Å². The largest absolute Gasteiger partial charge is 0.464 e. The molecule has 0 aromatic rings. The van der Waals surface area contributed by atoms with Crippen molar-refractivity contribution in [3.05, 3.63) is 0 Å². The number of ether oxygens (including phenoxy) is 2. The van der Waals surface area contributed by atoms with Gasteiger partial charge in [-0.25, -0.2) is 0 Å². The maximum absolute atomic E-state index is 12.0. The molecule has 0 amide bonds. The highest BCUT2D eigenvalue weighted by atomic mass is 16.5. The average Bonchev–Trinajstić information content (AvgIpc) is 3.34. The summed E-state index contributed by atoms with van der Waals surface area (Å²) < 4.78 is 11.0. The molecule has 5 heteroatoms. The zero-order chi connectivity index (χ0) is 18.6. The van der Waals surface area contributed by atoms with Gasteiger partial charge in [-0.3, -0.25) is 14.5 Å². The number of hydrogen-bond acceptors (Lipinski definition) is 5. The van der Waals surface area contributed by atoms with Crippen molar-refractivity contribution in [3.8, 4) is 0 Å². The predicted molar refractivity (Wildman–Crippen MR) is 102 cm³/mol. The molecule has 0 N–H and O–H groups in total. The van der Waals surface area contributed by atoms with E-state index in [-0.39, 0.29) is 23.8 Å². The van der Waals surface area contributed by atoms with Gasteiger partial charge in [0.25, 0.3) is 0 Å². The Hall–Kier alpha value is -1.10. The number of unbranched alkanes of at least 4 members (excludes halogenated alkanes) is 2. The molecule has 2 aliphatic carbocycles. The first-order valence-corrected chi connectivity index (χ1v) is 10.8. The van der Waals surface area contributed by atoms with Gasteiger partial charge in [-0.1, -0.05) is 45.4 Å². The van der Waals surface area contributed by atoms with Gasteiger partial charge in [-0.05, 0) is 38.6 Å². The molecule has 150 valence electrons. The second-order valence-corrected chi connectivity index (χ2v) is 7.85. The molecule has 26 heavy (non-hydrogen) atoms. The van der Waals surface area contributed by atoms with Crippen molar-refractivity contribution in [2.45, 2.75) is 77.6 Å². The number of hydrogen-bond donors (Lipinski definition) is 0. The van der Waals surface area contributed by atoms with E-state index in [1.807, 2.05) is 0 Å². The number of carbonyl (C=O) groups excluding carboxylic acids is 2. The summed E-state index contributed by atoms with van der Waals surface area (Å²) in [7, 11) is 0. The zero-order valence-electron chi connectivity index (χ0n) is 16.5. The molecule has 0 heterocycles. The van der Waals surface area contributed by atoms with Gasteiger partial charge in [0.15, 0.2) is 0 Å². The van der Waals surface area contributed by atoms with Gasteiger partial charge in [0.1, 0.15) is 13.2 Å². The molecule has 2 aliphatic rings. The standard InChI is InChI=1S/C21H37NO4/c1-2-3-8-13-22(14-16-25-20(23)18-9-4-5-10-18)15-17-26-21(24)19-11-6-7-12-19/h18-19H,2-17H2,1H3. The van der Waals surface area contributed by atoms with E-state index in [2.05, 4.69) is 11.8 Å². The van der Waals surface area contributed by atoms with E-state index in [0.717, 1.165) is 77.4 Å². The first-order valence-electron chi connectivity index (χ1n) is 10.8. The molecule has 0 saturated heterocycles. The summed E-state index contributed by atoms with van der Waals surface area (Å²) in [6.45, 7) is 5.50. The van der Waals surface area contributed by atoms with E-state index >= 15 is 0 Å². The summed E-state index contributed by atoms with van der Waals surface area (Å²) >= 11 is 0. The predicted octanol–water partition coefficient (Wildman–Crippen LogP) is 3.95. The lowest BCUT2D eigenvalue weighted by molar-refractivity contribution is -0.149. The van der Waals surface area contributed by atoms with Crippen LogP contribution in [-0.4, -0.2) is 49.7 Å². The number of esters is 2. The minimum atomic E-state index is -0.0244. The molecule has 2 rings (SSSR count). The highest BCUT2D eigenvalue weighted by Crippen LogP contribution is 2.26. The fraction of sp³-hybridized carbons (Fsp3) is 0.905. The summed E-state index contributed by atoms with van der Waals surface area (Å²) in [5.41, 5.74) is 0. The van der Waals surface area contributed by atoms with Crippen LogP contribution in [0.5, 0.6) is 0 Å². The minimum absolute atomic E-state index is 0.0244. The van der Waals surface area contributed by atoms with Crippen molar-refractivity contribution < 1.29 is 19.1 Å². The molecule has 0 unspecified atom stereocenters. The van der Waals surface area contributed by atoms with E-state index in [9.17, 15) is 9.59 Å². The molecule has 0 spiro atoms. The van der Waals surface area contributed by atoms with Gasteiger partial charge in [-0.15, -0.1) is 0 Å². The Labute approximate surface area is 158 Å². The van der Waals surface area contributed by atoms with Gasteiger partial charge >= 0.3 is 11.9 Å². The van der Waals surface area contributed by atoms with Crippen LogP contribution in [0.2, 0.25) is 0 Å². The quantitative estimate of drug-likeness (QED) is 0.386. The number of nitrogens with zero attached hydrogens (tertiary/aromatic N) is 1. The molecule has 0 radical (unpaired) electrons. The summed E-state index contributed by atoms with van der Waals surface area (Å²) in [5.74, 6) is 0.194. The first-order chi connectivity index (χ1) is 12.7. The lowest BCUT2D eigenvalue weighted by atomic mass is 10.1. The van der Waals surface area contributed by atoms with Crippen molar-refractivity contribution in [3.63, 3.8) is 0 Å². The van der Waals surface area contributed by atoms with Crippen LogP contribution in [0.1, 0.15) is 77.6 Å². The lowest BCUT2D eigenvalue weighted by Gasteiger charge is -2.22.